The summed E-state index contributed by atoms with van der Waals surface area (Å²) in [5.41, 5.74) is 1.38. The minimum Gasteiger partial charge on any atom is -0.496 e. The highest BCUT2D eigenvalue weighted by molar-refractivity contribution is 6.08. The van der Waals surface area contributed by atoms with Crippen LogP contribution in [-0.2, 0) is 0 Å². The van der Waals surface area contributed by atoms with Gasteiger partial charge in [-0.25, -0.2) is 22.7 Å². The molecule has 4 heterocycles. The number of benzene rings is 2. The van der Waals surface area contributed by atoms with Crippen LogP contribution in [-0.4, -0.2) is 72.3 Å². The molecule has 1 N–H and O–H groups in total. The smallest absolute Gasteiger partial charge is 0.259 e. The Morgan fingerprint density at radius 3 is 2.61 bits per heavy atom. The molecule has 2 saturated heterocycles. The molecule has 6 rings (SSSR count). The van der Waals surface area contributed by atoms with E-state index in [1.165, 1.54) is 30.0 Å². The number of hydrogen-bond acceptors (Lipinski definition) is 7. The Hall–Kier alpha value is -4.32. The lowest BCUT2D eigenvalue weighted by Gasteiger charge is -2.34. The Morgan fingerprint density at radius 1 is 1.02 bits per heavy atom. The zero-order valence-electron chi connectivity index (χ0n) is 22.8. The molecule has 1 unspecified atom stereocenters. The maximum absolute atomic E-state index is 15.2. The third-order valence-corrected chi connectivity index (χ3v) is 7.82. The molecule has 12 heteroatoms. The van der Waals surface area contributed by atoms with Crippen molar-refractivity contribution in [3.63, 3.8) is 0 Å². The predicted molar refractivity (Wildman–Crippen MR) is 149 cm³/mol. The van der Waals surface area contributed by atoms with Crippen LogP contribution in [0.3, 0.4) is 0 Å². The van der Waals surface area contributed by atoms with E-state index in [-0.39, 0.29) is 22.9 Å². The molecule has 4 aromatic rings. The van der Waals surface area contributed by atoms with E-state index >= 15 is 4.39 Å². The molecule has 41 heavy (non-hydrogen) atoms. The molecule has 214 valence electrons. The van der Waals surface area contributed by atoms with E-state index in [4.69, 9.17) is 9.72 Å². The second-order valence-corrected chi connectivity index (χ2v) is 10.4. The summed E-state index contributed by atoms with van der Waals surface area (Å²) in [7, 11) is 3.46. The molecule has 2 fully saturated rings. The zero-order valence-corrected chi connectivity index (χ0v) is 22.8. The topological polar surface area (TPSA) is 78.2 Å². The van der Waals surface area contributed by atoms with Gasteiger partial charge in [0.1, 0.15) is 34.7 Å². The minimum atomic E-state index is -0.575. The van der Waals surface area contributed by atoms with Gasteiger partial charge in [-0.3, -0.25) is 4.79 Å². The van der Waals surface area contributed by atoms with Crippen molar-refractivity contribution in [3.8, 4) is 5.75 Å². The van der Waals surface area contributed by atoms with Crippen LogP contribution >= 0.6 is 0 Å². The molecule has 2 aliphatic rings. The average Bonchev–Trinajstić information content (AvgIpc) is 3.62. The van der Waals surface area contributed by atoms with Crippen molar-refractivity contribution >= 4 is 28.7 Å². The van der Waals surface area contributed by atoms with Crippen LogP contribution in [0, 0.1) is 17.5 Å². The number of anilines is 3. The standard InChI is InChI=1S/C29H30F3N7O2/c1-36-10-12-37(13-11-36)25-16-26(41-2)20(15-22(25)32)29(40)34-23-17-33-39-9-7-27(35-28(23)39)38-8-3-4-24(38)19-14-18(30)5-6-21(19)31/h5-7,9,14-17,24H,3-4,8,10-13H2,1-2H3,(H,34,40). The van der Waals surface area contributed by atoms with Gasteiger partial charge in [0.15, 0.2) is 5.65 Å². The van der Waals surface area contributed by atoms with E-state index < -0.39 is 23.4 Å². The van der Waals surface area contributed by atoms with Crippen LogP contribution in [0.4, 0.5) is 30.4 Å². The van der Waals surface area contributed by atoms with Crippen LogP contribution < -0.4 is 19.9 Å². The first-order chi connectivity index (χ1) is 19.8. The van der Waals surface area contributed by atoms with Gasteiger partial charge in [0.25, 0.3) is 5.91 Å². The first kappa shape index (κ1) is 26.9. The molecule has 2 aromatic heterocycles. The first-order valence-electron chi connectivity index (χ1n) is 13.5. The normalized spacial score (nSPS) is 17.8. The van der Waals surface area contributed by atoms with Crippen LogP contribution in [0.15, 0.2) is 48.8 Å². The lowest BCUT2D eigenvalue weighted by molar-refractivity contribution is 0.102. The van der Waals surface area contributed by atoms with E-state index in [9.17, 15) is 13.6 Å². The molecule has 0 spiro atoms. The molecular formula is C29H30F3N7O2. The second-order valence-electron chi connectivity index (χ2n) is 10.4. The van der Waals surface area contributed by atoms with Crippen molar-refractivity contribution in [3.05, 3.63) is 77.4 Å². The first-order valence-corrected chi connectivity index (χ1v) is 13.5. The Labute approximate surface area is 235 Å². The number of fused-ring (bicyclic) bond motifs is 1. The van der Waals surface area contributed by atoms with E-state index in [0.29, 0.717) is 48.9 Å². The SMILES string of the molecule is COc1cc(N2CCN(C)CC2)c(F)cc1C(=O)Nc1cnn2ccc(N3CCCC3c3cc(F)ccc3F)nc12. The average molecular weight is 566 g/mol. The van der Waals surface area contributed by atoms with Crippen molar-refractivity contribution in [2.45, 2.75) is 18.9 Å². The van der Waals surface area contributed by atoms with E-state index in [1.807, 2.05) is 16.8 Å². The molecule has 1 atom stereocenters. The summed E-state index contributed by atoms with van der Waals surface area (Å²) in [5, 5.41) is 7.06. The number of amides is 1. The maximum Gasteiger partial charge on any atom is 0.259 e. The van der Waals surface area contributed by atoms with Gasteiger partial charge in [0.2, 0.25) is 0 Å². The van der Waals surface area contributed by atoms with Crippen molar-refractivity contribution < 1.29 is 22.7 Å². The predicted octanol–water partition coefficient (Wildman–Crippen LogP) is 4.50. The molecule has 2 aliphatic heterocycles. The highest BCUT2D eigenvalue weighted by Crippen LogP contribution is 2.37. The summed E-state index contributed by atoms with van der Waals surface area (Å²) < 4.78 is 50.7. The van der Waals surface area contributed by atoms with Gasteiger partial charge in [0.05, 0.1) is 30.6 Å². The summed E-state index contributed by atoms with van der Waals surface area (Å²) in [5.74, 6) is -1.26. The molecule has 0 saturated carbocycles. The number of halogens is 3. The van der Waals surface area contributed by atoms with Gasteiger partial charge in [-0.2, -0.15) is 5.10 Å². The maximum atomic E-state index is 15.2. The number of piperazine rings is 1. The minimum absolute atomic E-state index is 0.0413. The van der Waals surface area contributed by atoms with Crippen LogP contribution in [0.2, 0.25) is 0 Å². The van der Waals surface area contributed by atoms with Crippen molar-refractivity contribution in [2.24, 2.45) is 0 Å². The Balaban J connectivity index is 1.27. The lowest BCUT2D eigenvalue weighted by Crippen LogP contribution is -2.44. The Bertz CT molecular complexity index is 1600. The van der Waals surface area contributed by atoms with Gasteiger partial charge in [-0.15, -0.1) is 0 Å². The number of likely N-dealkylation sites (N-methyl/N-ethyl adjacent to an activating group) is 1. The van der Waals surface area contributed by atoms with Crippen molar-refractivity contribution in [1.29, 1.82) is 0 Å². The van der Waals surface area contributed by atoms with Gasteiger partial charge >= 0.3 is 0 Å². The number of ether oxygens (including phenoxy) is 1. The molecular weight excluding hydrogens is 535 g/mol. The third-order valence-electron chi connectivity index (χ3n) is 7.82. The fourth-order valence-corrected chi connectivity index (χ4v) is 5.61. The number of nitrogens with one attached hydrogen (secondary N) is 1. The largest absolute Gasteiger partial charge is 0.496 e. The summed E-state index contributed by atoms with van der Waals surface area (Å²) in [6.45, 7) is 3.56. The summed E-state index contributed by atoms with van der Waals surface area (Å²) in [6.07, 6.45) is 4.58. The monoisotopic (exact) mass is 565 g/mol. The molecule has 0 radical (unpaired) electrons. The molecule has 2 aromatic carbocycles. The van der Waals surface area contributed by atoms with E-state index in [1.54, 1.807) is 18.3 Å². The Morgan fingerprint density at radius 2 is 1.83 bits per heavy atom. The number of nitrogens with zero attached hydrogens (tertiary/aromatic N) is 6. The van der Waals surface area contributed by atoms with Gasteiger partial charge in [-0.1, -0.05) is 0 Å². The highest BCUT2D eigenvalue weighted by atomic mass is 19.1. The number of rotatable bonds is 6. The van der Waals surface area contributed by atoms with Gasteiger partial charge < -0.3 is 24.8 Å². The summed E-state index contributed by atoms with van der Waals surface area (Å²) in [4.78, 5) is 24.1. The van der Waals surface area contributed by atoms with Crippen molar-refractivity contribution in [1.82, 2.24) is 19.5 Å². The van der Waals surface area contributed by atoms with Crippen LogP contribution in [0.1, 0.15) is 34.8 Å². The molecule has 0 bridgehead atoms. The molecule has 0 aliphatic carbocycles. The van der Waals surface area contributed by atoms with Crippen LogP contribution in [0.5, 0.6) is 5.75 Å². The van der Waals surface area contributed by atoms with Gasteiger partial charge in [0, 0.05) is 50.6 Å². The Kier molecular flexibility index (Phi) is 7.16. The summed E-state index contributed by atoms with van der Waals surface area (Å²) in [6, 6.07) is 7.57. The van der Waals surface area contributed by atoms with Crippen molar-refractivity contribution in [2.75, 3.05) is 62.0 Å². The zero-order chi connectivity index (χ0) is 28.7. The fourth-order valence-electron chi connectivity index (χ4n) is 5.61. The number of aromatic nitrogens is 3. The number of hydrogen-bond donors (Lipinski definition) is 1. The van der Waals surface area contributed by atoms with E-state index in [0.717, 1.165) is 31.6 Å². The molecule has 1 amide bonds. The highest BCUT2D eigenvalue weighted by Gasteiger charge is 2.30. The lowest BCUT2D eigenvalue weighted by atomic mass is 10.0. The van der Waals surface area contributed by atoms with Gasteiger partial charge in [-0.05, 0) is 50.2 Å². The third kappa shape index (κ3) is 5.15. The fraction of sp³-hybridized carbons (Fsp3) is 0.345. The number of carbonyl (C=O) groups excluding carboxylic acids is 1. The number of carbonyl (C=O) groups is 1. The molecule has 9 nitrogen and oxygen atoms in total. The summed E-state index contributed by atoms with van der Waals surface area (Å²) >= 11 is 0. The second kappa shape index (κ2) is 10.9. The quantitative estimate of drug-likeness (QED) is 0.369. The van der Waals surface area contributed by atoms with E-state index in [2.05, 4.69) is 15.3 Å². The number of methoxy groups -OCH3 is 1. The van der Waals surface area contributed by atoms with Crippen LogP contribution in [0.25, 0.3) is 5.65 Å².